The summed E-state index contributed by atoms with van der Waals surface area (Å²) in [4.78, 5) is 77.9. The Kier molecular flexibility index (Phi) is 23.1. The van der Waals surface area contributed by atoms with E-state index in [-0.39, 0.29) is 79.5 Å². The van der Waals surface area contributed by atoms with E-state index in [0.717, 1.165) is 129 Å². The Morgan fingerprint density at radius 2 is 0.878 bits per heavy atom. The molecule has 16 bridgehead atoms. The first-order valence-electron chi connectivity index (χ1n) is 32.5. The average Bonchev–Trinajstić information content (AvgIpc) is 1.02. The number of H-pyrrole nitrogens is 1. The van der Waals surface area contributed by atoms with Crippen molar-refractivity contribution in [2.45, 2.75) is 184 Å². The number of ether oxygens (including phenoxy) is 4. The summed E-state index contributed by atoms with van der Waals surface area (Å²) in [5.41, 5.74) is 6.23. The zero-order valence-corrected chi connectivity index (χ0v) is 52.1. The minimum Gasteiger partial charge on any atom is -0.480 e. The molecule has 0 aromatic carbocycles. The van der Waals surface area contributed by atoms with Gasteiger partial charge in [0.1, 0.15) is 31.6 Å². The highest BCUT2D eigenvalue weighted by molar-refractivity contribution is 6.29. The molecule has 19 rings (SSSR count). The van der Waals surface area contributed by atoms with Gasteiger partial charge >= 0.3 is 23.7 Å². The van der Waals surface area contributed by atoms with Crippen LogP contribution in [0.1, 0.15) is 162 Å². The van der Waals surface area contributed by atoms with Crippen molar-refractivity contribution in [2.24, 2.45) is 76.7 Å². The van der Waals surface area contributed by atoms with Gasteiger partial charge in [-0.05, 0) is 231 Å². The first-order chi connectivity index (χ1) is 42.8. The molecule has 0 aliphatic heterocycles. The number of rotatable bonds is 17. The number of nitrogens with one attached hydrogen (secondary N) is 4. The highest BCUT2D eigenvalue weighted by Crippen LogP contribution is 2.58. The Morgan fingerprint density at radius 3 is 1.22 bits per heavy atom. The monoisotopic (exact) mass is 1270 g/mol. The normalized spacial score (nSPS) is 34.3. The second-order valence-electron chi connectivity index (χ2n) is 28.6. The van der Waals surface area contributed by atoms with Crippen molar-refractivity contribution in [1.82, 2.24) is 45.9 Å². The number of aromatic nitrogens is 6. The molecule has 0 spiro atoms. The largest absolute Gasteiger partial charge is 0.480 e. The summed E-state index contributed by atoms with van der Waals surface area (Å²) < 4.78 is 21.2. The van der Waals surface area contributed by atoms with Gasteiger partial charge in [-0.15, -0.1) is 0 Å². The number of nitrogens with two attached hydrogens (primary N) is 1. The standard InChI is InChI=1S/C19H25N3O3.C16H21N3O3.C12H19NO2.C10H17N.C7H7ClN2O.C2H4O3.CH4/c1-2-5-24-18-20-4-3-17(21-18)25-12-16(23)22-19-9-13-6-14(10-19)8-15(7-13)11-19;20-13(9-22-14-1-2-17-15(21)18-14)19-16-6-10-3-11(7-16)5-12(4-10)8-16;14-7-11(15)13-12-4-8-1-9(5-12)3-10(2-8)6-12;11-10-4-7-1-8(5-10)3-9(2-7)6-10;1-2-5-11-7-9-4-3-6(8)10-7;3-1-2(4)5;/h2-4,13-15H,1,5-12H2,(H,22,23);1-2,10-12H,3-9H2,(H,19,20)(H,17,18,21);8-10,14H,1-7H2,(H,13,15);7-9H,1-6,11H2;2-4H,1,5H2;3H,1H2,(H,4,5);1H4. The van der Waals surface area contributed by atoms with Gasteiger partial charge in [-0.25, -0.2) is 24.5 Å². The van der Waals surface area contributed by atoms with Gasteiger partial charge in [0, 0.05) is 52.9 Å². The van der Waals surface area contributed by atoms with Crippen molar-refractivity contribution in [3.63, 3.8) is 0 Å². The van der Waals surface area contributed by atoms with Crippen LogP contribution in [0.2, 0.25) is 5.15 Å². The van der Waals surface area contributed by atoms with Crippen molar-refractivity contribution >= 4 is 35.3 Å². The minimum atomic E-state index is -1.19. The summed E-state index contributed by atoms with van der Waals surface area (Å²) in [6.07, 6.45) is 38.8. The number of halogens is 1. The van der Waals surface area contributed by atoms with Gasteiger partial charge in [0.05, 0.1) is 0 Å². The van der Waals surface area contributed by atoms with Crippen molar-refractivity contribution in [3.8, 4) is 23.8 Å². The van der Waals surface area contributed by atoms with Crippen LogP contribution in [0.4, 0.5) is 0 Å². The molecule has 16 aliphatic rings. The van der Waals surface area contributed by atoms with Crippen molar-refractivity contribution < 1.29 is 53.4 Å². The van der Waals surface area contributed by atoms with E-state index < -0.39 is 18.3 Å². The number of carbonyl (C=O) groups is 4. The van der Waals surface area contributed by atoms with Gasteiger partial charge in [0.2, 0.25) is 11.8 Å². The van der Waals surface area contributed by atoms with E-state index in [1.807, 2.05) is 0 Å². The van der Waals surface area contributed by atoms with Crippen LogP contribution in [0, 0.1) is 71.0 Å². The number of aliphatic hydroxyl groups excluding tert-OH is 2. The molecule has 22 nitrogen and oxygen atoms in total. The summed E-state index contributed by atoms with van der Waals surface area (Å²) >= 11 is 5.57. The fourth-order valence-electron chi connectivity index (χ4n) is 19.8. The number of nitrogens with zero attached hydrogens (tertiary/aromatic N) is 5. The molecule has 90 heavy (non-hydrogen) atoms. The second kappa shape index (κ2) is 30.5. The van der Waals surface area contributed by atoms with Gasteiger partial charge in [0.15, 0.2) is 19.1 Å². The van der Waals surface area contributed by atoms with E-state index >= 15 is 0 Å². The van der Waals surface area contributed by atoms with Crippen LogP contribution >= 0.6 is 11.6 Å². The molecule has 3 heterocycles. The zero-order chi connectivity index (χ0) is 62.8. The smallest absolute Gasteiger partial charge is 0.347 e. The Morgan fingerprint density at radius 1 is 0.533 bits per heavy atom. The fourth-order valence-corrected chi connectivity index (χ4v) is 19.9. The molecule has 16 fully saturated rings. The Labute approximate surface area is 533 Å². The number of hydrogen-bond acceptors (Lipinski definition) is 17. The maximum atomic E-state index is 12.4. The number of hydrogen-bond donors (Lipinski definition) is 8. The SMILES string of the molecule is C.C=CCOc1nccc(Cl)n1.C=CCOc1nccc(OCC(=O)NC23CC4CC(CC(C4)C2)C3)n1.NC12CC3CC(CC(C3)C1)C2.O=C(CO)NC12CC3CC(CC(C3)C1)C2.O=C(COc1ccnc(=O)[nH]1)NC12CC3CC(CC(C3)C1)C2.O=C(O)CO. The van der Waals surface area contributed by atoms with Crippen molar-refractivity contribution in [3.05, 3.63) is 77.7 Å². The van der Waals surface area contributed by atoms with Crippen molar-refractivity contribution in [2.75, 3.05) is 39.6 Å². The molecule has 0 unspecified atom stereocenters. The third kappa shape index (κ3) is 18.7. The van der Waals surface area contributed by atoms with Crippen LogP contribution in [-0.2, 0) is 19.2 Å². The van der Waals surface area contributed by atoms with Gasteiger partial charge in [0.25, 0.3) is 11.8 Å². The fraction of sp³-hybridized carbons (Fsp3) is 0.701. The van der Waals surface area contributed by atoms with Crippen LogP contribution in [0.25, 0.3) is 0 Å². The van der Waals surface area contributed by atoms with Crippen LogP contribution in [0.5, 0.6) is 23.8 Å². The molecule has 3 amide bonds. The van der Waals surface area contributed by atoms with E-state index in [1.165, 1.54) is 109 Å². The number of aliphatic carboxylic acids is 1. The van der Waals surface area contributed by atoms with Gasteiger partial charge in [-0.1, -0.05) is 44.3 Å². The molecule has 3 aromatic rings. The third-order valence-corrected chi connectivity index (χ3v) is 21.1. The Hall–Kier alpha value is -6.23. The Balaban J connectivity index is 0.000000135. The molecule has 0 atom stereocenters. The van der Waals surface area contributed by atoms with Gasteiger partial charge in [-0.3, -0.25) is 19.4 Å². The summed E-state index contributed by atoms with van der Waals surface area (Å²) in [6, 6.07) is 5.25. The molecular weight excluding hydrogens is 1170 g/mol. The average molecular weight is 1270 g/mol. The summed E-state index contributed by atoms with van der Waals surface area (Å²) in [6.45, 7) is 6.55. The van der Waals surface area contributed by atoms with Gasteiger partial charge in [-0.2, -0.15) is 9.97 Å². The van der Waals surface area contributed by atoms with Crippen molar-refractivity contribution in [1.29, 1.82) is 0 Å². The molecule has 0 radical (unpaired) electrons. The highest BCUT2D eigenvalue weighted by atomic mass is 35.5. The lowest BCUT2D eigenvalue weighted by molar-refractivity contribution is -0.140. The number of aliphatic hydroxyl groups is 2. The lowest BCUT2D eigenvalue weighted by atomic mass is 9.53. The molecule has 3 aromatic heterocycles. The van der Waals surface area contributed by atoms with E-state index in [0.29, 0.717) is 29.8 Å². The van der Waals surface area contributed by atoms with Crippen LogP contribution in [-0.4, -0.2) is 131 Å². The van der Waals surface area contributed by atoms with Crippen LogP contribution in [0.3, 0.4) is 0 Å². The maximum Gasteiger partial charge on any atom is 0.347 e. The molecule has 16 saturated carbocycles. The lowest BCUT2D eigenvalue weighted by Gasteiger charge is -2.56. The van der Waals surface area contributed by atoms with E-state index in [4.69, 9.17) is 56.4 Å². The first kappa shape index (κ1) is 68.1. The predicted octanol–water partition coefficient (Wildman–Crippen LogP) is 8.11. The van der Waals surface area contributed by atoms with Crippen LogP contribution in [0.15, 0.2) is 66.9 Å². The minimum absolute atomic E-state index is 0. The molecular formula is C67H97ClN10O12. The number of carbonyl (C=O) groups excluding carboxylic acids is 3. The predicted molar refractivity (Wildman–Crippen MR) is 337 cm³/mol. The zero-order valence-electron chi connectivity index (χ0n) is 51.4. The summed E-state index contributed by atoms with van der Waals surface area (Å²) in [5.74, 6) is 9.48. The quantitative estimate of drug-likeness (QED) is 0.0467. The van der Waals surface area contributed by atoms with E-state index in [1.54, 1.807) is 36.5 Å². The van der Waals surface area contributed by atoms with E-state index in [2.05, 4.69) is 59.0 Å². The number of aromatic amines is 1. The summed E-state index contributed by atoms with van der Waals surface area (Å²) in [7, 11) is 0. The lowest BCUT2D eigenvalue weighted by Crippen LogP contribution is -2.60. The Bertz CT molecular complexity index is 2860. The molecule has 0 saturated heterocycles. The number of amides is 3. The third-order valence-electron chi connectivity index (χ3n) is 20.9. The highest BCUT2D eigenvalue weighted by Gasteiger charge is 2.54. The topological polar surface area (TPSA) is 325 Å². The summed E-state index contributed by atoms with van der Waals surface area (Å²) in [5, 5.41) is 33.8. The van der Waals surface area contributed by atoms with E-state index in [9.17, 15) is 19.2 Å². The molecule has 9 N–H and O–H groups in total. The number of carboxylic acid groups (broad SMARTS) is 1. The molecule has 16 aliphatic carbocycles. The first-order valence-corrected chi connectivity index (χ1v) is 32.9. The maximum absolute atomic E-state index is 12.4. The number of carboxylic acids is 1. The van der Waals surface area contributed by atoms with Crippen LogP contribution < -0.4 is 46.3 Å². The van der Waals surface area contributed by atoms with Gasteiger partial charge < -0.3 is 56.0 Å². The second-order valence-corrected chi connectivity index (χ2v) is 29.0. The molecule has 494 valence electrons. The molecule has 23 heteroatoms.